The predicted molar refractivity (Wildman–Crippen MR) is 159 cm³/mol. The highest BCUT2D eigenvalue weighted by atomic mass is 16.8. The summed E-state index contributed by atoms with van der Waals surface area (Å²) in [5.41, 5.74) is 5.16. The number of hydrogen-bond acceptors (Lipinski definition) is 21. The lowest BCUT2D eigenvalue weighted by molar-refractivity contribution is -0.367. The van der Waals surface area contributed by atoms with Gasteiger partial charge in [-0.2, -0.15) is 0 Å². The van der Waals surface area contributed by atoms with E-state index >= 15 is 0 Å². The number of rotatable bonds is 12. The second kappa shape index (κ2) is 17.9. The first-order valence-corrected chi connectivity index (χ1v) is 16.1. The van der Waals surface area contributed by atoms with Gasteiger partial charge in [0.15, 0.2) is 31.3 Å². The Morgan fingerprint density at radius 3 is 1.58 bits per heavy atom. The molecule has 4 rings (SSSR count). The van der Waals surface area contributed by atoms with Crippen LogP contribution in [0.5, 0.6) is 0 Å². The fourth-order valence-corrected chi connectivity index (χ4v) is 6.25. The van der Waals surface area contributed by atoms with E-state index in [1.807, 2.05) is 0 Å². The second-order valence-corrected chi connectivity index (χ2v) is 12.8. The van der Waals surface area contributed by atoms with E-state index in [0.717, 1.165) is 13.8 Å². The zero-order chi connectivity index (χ0) is 38.8. The molecule has 0 saturated carbocycles. The summed E-state index contributed by atoms with van der Waals surface area (Å²) in [6, 6.07) is -3.24. The van der Waals surface area contributed by atoms with Crippen LogP contribution < -0.4 is 16.4 Å². The van der Waals surface area contributed by atoms with Crippen LogP contribution in [0, 0.1) is 0 Å². The van der Waals surface area contributed by atoms with Crippen LogP contribution in [0.25, 0.3) is 0 Å². The van der Waals surface area contributed by atoms with E-state index < -0.39 is 160 Å². The van der Waals surface area contributed by atoms with Gasteiger partial charge in [-0.05, 0) is 0 Å². The summed E-state index contributed by atoms with van der Waals surface area (Å²) in [6.45, 7) is -0.368. The van der Waals surface area contributed by atoms with Crippen LogP contribution in [0.15, 0.2) is 0 Å². The smallest absolute Gasteiger partial charge is 0.249 e. The molecule has 0 spiro atoms. The van der Waals surface area contributed by atoms with Crippen LogP contribution in [-0.4, -0.2) is 216 Å². The minimum atomic E-state index is -2.15. The number of carbonyl (C=O) groups excluding carboxylic acids is 3. The third-order valence-corrected chi connectivity index (χ3v) is 8.99. The molecule has 0 bridgehead atoms. The maximum Gasteiger partial charge on any atom is 0.249 e. The van der Waals surface area contributed by atoms with E-state index in [-0.39, 0.29) is 0 Å². The van der Waals surface area contributed by atoms with Crippen molar-refractivity contribution in [3.8, 4) is 0 Å². The normalized spacial score (nSPS) is 47.0. The highest BCUT2D eigenvalue weighted by Crippen LogP contribution is 2.33. The van der Waals surface area contributed by atoms with E-state index in [1.54, 1.807) is 0 Å². The lowest BCUT2D eigenvalue weighted by Crippen LogP contribution is -2.70. The Labute approximate surface area is 294 Å². The van der Waals surface area contributed by atoms with Crippen LogP contribution in [0.1, 0.15) is 13.8 Å². The number of hydrogen-bond donors (Lipinski definition) is 14. The van der Waals surface area contributed by atoms with E-state index in [2.05, 4.69) is 10.6 Å². The summed E-state index contributed by atoms with van der Waals surface area (Å²) in [4.78, 5) is 36.0. The molecule has 300 valence electrons. The summed E-state index contributed by atoms with van der Waals surface area (Å²) >= 11 is 0. The molecule has 24 heteroatoms. The predicted octanol–water partition coefficient (Wildman–Crippen LogP) is -9.97. The van der Waals surface area contributed by atoms with Crippen LogP contribution >= 0.6 is 0 Å². The number of carbonyl (C=O) groups is 3. The van der Waals surface area contributed by atoms with Crippen molar-refractivity contribution in [2.24, 2.45) is 5.73 Å². The molecule has 0 radical (unpaired) electrons. The first-order chi connectivity index (χ1) is 24.4. The van der Waals surface area contributed by atoms with E-state index in [4.69, 9.17) is 38.9 Å². The zero-order valence-corrected chi connectivity index (χ0v) is 27.7. The molecule has 0 aromatic carbocycles. The van der Waals surface area contributed by atoms with Crippen molar-refractivity contribution >= 4 is 17.7 Å². The van der Waals surface area contributed by atoms with Gasteiger partial charge in [0.1, 0.15) is 91.4 Å². The number of aliphatic hydroxyl groups excluding tert-OH is 11. The molecule has 4 saturated heterocycles. The summed E-state index contributed by atoms with van der Waals surface area (Å²) in [5, 5.41) is 120. The van der Waals surface area contributed by atoms with Gasteiger partial charge < -0.3 is 106 Å². The molecule has 4 aliphatic rings. The number of primary amides is 1. The Morgan fingerprint density at radius 2 is 1.06 bits per heavy atom. The van der Waals surface area contributed by atoms with Gasteiger partial charge >= 0.3 is 0 Å². The van der Waals surface area contributed by atoms with Crippen LogP contribution in [0.4, 0.5) is 0 Å². The van der Waals surface area contributed by atoms with Gasteiger partial charge in [0.2, 0.25) is 17.7 Å². The molecule has 0 aromatic rings. The van der Waals surface area contributed by atoms with Gasteiger partial charge in [0, 0.05) is 13.8 Å². The van der Waals surface area contributed by atoms with Crippen LogP contribution in [0.3, 0.4) is 0 Å². The average Bonchev–Trinajstić information content (AvgIpc) is 3.08. The molecular formula is C28H47N3O21. The number of amides is 3. The van der Waals surface area contributed by atoms with E-state index in [9.17, 15) is 70.6 Å². The van der Waals surface area contributed by atoms with E-state index in [1.165, 1.54) is 0 Å². The van der Waals surface area contributed by atoms with Gasteiger partial charge in [0.05, 0.1) is 19.8 Å². The number of aliphatic hydroxyl groups is 11. The highest BCUT2D eigenvalue weighted by molar-refractivity contribution is 5.79. The molecule has 0 unspecified atom stereocenters. The number of nitrogens with one attached hydrogen (secondary N) is 2. The monoisotopic (exact) mass is 761 g/mol. The van der Waals surface area contributed by atoms with Crippen LogP contribution in [0.2, 0.25) is 0 Å². The van der Waals surface area contributed by atoms with Gasteiger partial charge in [-0.1, -0.05) is 0 Å². The van der Waals surface area contributed by atoms with Crippen molar-refractivity contribution in [3.05, 3.63) is 0 Å². The average molecular weight is 762 g/mol. The third-order valence-electron chi connectivity index (χ3n) is 8.99. The van der Waals surface area contributed by atoms with Crippen molar-refractivity contribution in [3.63, 3.8) is 0 Å². The molecular weight excluding hydrogens is 714 g/mol. The van der Waals surface area contributed by atoms with Crippen molar-refractivity contribution in [1.82, 2.24) is 10.6 Å². The summed E-state index contributed by atoms with van der Waals surface area (Å²) in [5.74, 6) is -2.76. The van der Waals surface area contributed by atoms with Gasteiger partial charge in [-0.25, -0.2) is 0 Å². The largest absolute Gasteiger partial charge is 0.394 e. The molecule has 4 aliphatic heterocycles. The lowest BCUT2D eigenvalue weighted by atomic mass is 9.94. The molecule has 0 aromatic heterocycles. The van der Waals surface area contributed by atoms with E-state index in [0.29, 0.717) is 0 Å². The Balaban J connectivity index is 1.68. The minimum absolute atomic E-state index is 0.726. The molecule has 4 heterocycles. The van der Waals surface area contributed by atoms with Gasteiger partial charge in [-0.3, -0.25) is 14.4 Å². The van der Waals surface area contributed by atoms with Crippen molar-refractivity contribution in [2.75, 3.05) is 19.8 Å². The third kappa shape index (κ3) is 9.13. The van der Waals surface area contributed by atoms with Crippen LogP contribution in [-0.2, 0) is 47.5 Å². The van der Waals surface area contributed by atoms with Gasteiger partial charge in [0.25, 0.3) is 0 Å². The summed E-state index contributed by atoms with van der Waals surface area (Å²) in [7, 11) is 0. The summed E-state index contributed by atoms with van der Waals surface area (Å²) in [6.07, 6.45) is -32.9. The molecule has 24 nitrogen and oxygen atoms in total. The quantitative estimate of drug-likeness (QED) is 0.0877. The SMILES string of the molecule is CC(=O)N[C@H]1[C@H](O[C@@H]2[C@@H](O)[C@@H](O)[C@@H](C(N)=O)O[C@@H]2O)O[C@H](CO[C@@H]2O[C@H](CO)[C@@H](O)[C@H](O)[C@H]2O)[C@@H](O[C@@H]2O[C@H](CO)[C@@H](O)[C@H](O)[C@H]2NC(C)=O)[C@@H]1O. The Bertz CT molecular complexity index is 1220. The first-order valence-electron chi connectivity index (χ1n) is 16.1. The molecule has 15 N–H and O–H groups in total. The summed E-state index contributed by atoms with van der Waals surface area (Å²) < 4.78 is 39.2. The number of ether oxygens (including phenoxy) is 7. The highest BCUT2D eigenvalue weighted by Gasteiger charge is 2.55. The Morgan fingerprint density at radius 1 is 0.577 bits per heavy atom. The molecule has 20 atom stereocenters. The minimum Gasteiger partial charge on any atom is -0.394 e. The molecule has 3 amide bonds. The second-order valence-electron chi connectivity index (χ2n) is 12.8. The standard InChI is InChI=1S/C28H47N3O21/c1-6(34)30-11-15(38)13(36)8(3-32)47-26(11)51-21-10(5-46-28-20(43)17(40)14(37)9(4-33)48-28)49-27(12(16(21)39)31-7(2)35)52-23-19(42)18(41)22(24(29)44)50-25(23)45/h8-23,25-28,32-33,36-43,45H,3-5H2,1-2H3,(H2,29,44)(H,30,34)(H,31,35)/t8-,9-,10-,11-,12-,13-,14-,15-,16-,17+,18-,19+,20-,21-,22+,23-,25+,26+,27+,28-/m1/s1. The maximum absolute atomic E-state index is 12.3. The van der Waals surface area contributed by atoms with Crippen molar-refractivity contribution < 1.29 is 104 Å². The molecule has 52 heavy (non-hydrogen) atoms. The fraction of sp³-hybridized carbons (Fsp3) is 0.893. The Hall–Kier alpha value is -2.31. The Kier molecular flexibility index (Phi) is 14.6. The zero-order valence-electron chi connectivity index (χ0n) is 27.7. The topological polar surface area (TPSA) is 388 Å². The maximum atomic E-state index is 12.3. The van der Waals surface area contributed by atoms with Gasteiger partial charge in [-0.15, -0.1) is 0 Å². The first kappa shape index (κ1) is 42.4. The lowest BCUT2D eigenvalue weighted by Gasteiger charge is -2.49. The number of nitrogens with two attached hydrogens (primary N) is 1. The molecule has 0 aliphatic carbocycles. The van der Waals surface area contributed by atoms with Crippen molar-refractivity contribution in [1.29, 1.82) is 0 Å². The fourth-order valence-electron chi connectivity index (χ4n) is 6.25. The van der Waals surface area contributed by atoms with Crippen molar-refractivity contribution in [2.45, 2.75) is 137 Å². The molecule has 4 fully saturated rings.